The minimum Gasteiger partial charge on any atom is -0.382 e. The maximum atomic E-state index is 12.6. The van der Waals surface area contributed by atoms with Gasteiger partial charge in [0, 0.05) is 44.5 Å². The number of fused-ring (bicyclic) bond motifs is 1. The molecule has 3 aromatic rings. The highest BCUT2D eigenvalue weighted by Gasteiger charge is 2.18. The van der Waals surface area contributed by atoms with E-state index < -0.39 is 22.8 Å². The number of alkyl halides is 1. The highest BCUT2D eigenvalue weighted by atomic mass is 32.2. The molecule has 0 aliphatic carbocycles. The molecule has 4 N–H and O–H groups in total. The van der Waals surface area contributed by atoms with Gasteiger partial charge < -0.3 is 24.5 Å². The molecule has 2 aromatic carbocycles. The molecule has 0 spiro atoms. The van der Waals surface area contributed by atoms with Gasteiger partial charge in [-0.2, -0.15) is 8.42 Å². The van der Waals surface area contributed by atoms with Crippen LogP contribution in [0.2, 0.25) is 0 Å². The van der Waals surface area contributed by atoms with Crippen molar-refractivity contribution in [1.82, 2.24) is 20.2 Å². The highest BCUT2D eigenvalue weighted by molar-refractivity contribution is 7.87. The fraction of sp³-hybridized carbons (Fsp3) is 0.364. The van der Waals surface area contributed by atoms with Crippen LogP contribution in [0, 0.1) is 0 Å². The Morgan fingerprint density at radius 3 is 2.66 bits per heavy atom. The molecular weight excluding hydrogens is 479 g/mol. The van der Waals surface area contributed by atoms with Crippen molar-refractivity contribution in [3.63, 3.8) is 0 Å². The number of nitrogens with one attached hydrogen (secondary N) is 4. The number of anilines is 2. The Bertz CT molecular complexity index is 1240. The maximum Gasteiger partial charge on any atom is 0.339 e. The summed E-state index contributed by atoms with van der Waals surface area (Å²) in [5.74, 6) is 0.308. The highest BCUT2D eigenvalue weighted by Crippen LogP contribution is 2.24. The van der Waals surface area contributed by atoms with Gasteiger partial charge in [-0.05, 0) is 36.4 Å². The van der Waals surface area contributed by atoms with Crippen LogP contribution in [-0.2, 0) is 14.9 Å². The van der Waals surface area contributed by atoms with E-state index in [0.717, 1.165) is 19.6 Å². The number of morpholine rings is 1. The summed E-state index contributed by atoms with van der Waals surface area (Å²) in [7, 11) is -4.08. The third kappa shape index (κ3) is 6.81. The lowest BCUT2D eigenvalue weighted by Gasteiger charge is -2.26. The first-order chi connectivity index (χ1) is 16.9. The fourth-order valence-corrected chi connectivity index (χ4v) is 4.43. The zero-order chi connectivity index (χ0) is 24.7. The van der Waals surface area contributed by atoms with E-state index in [2.05, 4.69) is 30.8 Å². The molecule has 4 rings (SSSR count). The van der Waals surface area contributed by atoms with E-state index in [0.29, 0.717) is 36.5 Å². The predicted molar refractivity (Wildman–Crippen MR) is 129 cm³/mol. The van der Waals surface area contributed by atoms with Gasteiger partial charge in [0.15, 0.2) is 0 Å². The van der Waals surface area contributed by atoms with Crippen LogP contribution in [0.3, 0.4) is 0 Å². The number of carbonyl (C=O) groups excluding carboxylic acids is 1. The average molecular weight is 507 g/mol. The lowest BCUT2D eigenvalue weighted by molar-refractivity contribution is 0.0388. The number of aromatic amines is 1. The van der Waals surface area contributed by atoms with Crippen molar-refractivity contribution in [2.45, 2.75) is 4.90 Å². The Balaban J connectivity index is 1.34. The number of rotatable bonds is 10. The number of ether oxygens (including phenoxy) is 1. The monoisotopic (exact) mass is 506 g/mol. The summed E-state index contributed by atoms with van der Waals surface area (Å²) in [6.45, 7) is 3.90. The number of urea groups is 1. The second kappa shape index (κ2) is 11.3. The summed E-state index contributed by atoms with van der Waals surface area (Å²) in [5.41, 5.74) is 1.62. The summed E-state index contributed by atoms with van der Waals surface area (Å²) in [6, 6.07) is 9.97. The molecule has 0 unspecified atom stereocenters. The van der Waals surface area contributed by atoms with Gasteiger partial charge in [0.2, 0.25) is 5.95 Å². The minimum atomic E-state index is -4.08. The molecule has 11 nitrogen and oxygen atoms in total. The molecule has 1 saturated heterocycles. The third-order valence-electron chi connectivity index (χ3n) is 5.28. The van der Waals surface area contributed by atoms with Gasteiger partial charge in [0.05, 0.1) is 24.2 Å². The molecular formula is C22H27FN6O5S. The maximum absolute atomic E-state index is 12.6. The second-order valence-electron chi connectivity index (χ2n) is 7.78. The molecule has 13 heteroatoms. The number of aromatic nitrogens is 2. The molecule has 1 aliphatic heterocycles. The van der Waals surface area contributed by atoms with Crippen molar-refractivity contribution >= 4 is 38.8 Å². The lowest BCUT2D eigenvalue weighted by atomic mass is 10.3. The number of hydrogen-bond donors (Lipinski definition) is 4. The van der Waals surface area contributed by atoms with E-state index in [1.165, 1.54) is 36.4 Å². The summed E-state index contributed by atoms with van der Waals surface area (Å²) in [6.07, 6.45) is 0. The number of benzene rings is 2. The largest absolute Gasteiger partial charge is 0.382 e. The van der Waals surface area contributed by atoms with Gasteiger partial charge >= 0.3 is 16.1 Å². The van der Waals surface area contributed by atoms with Crippen molar-refractivity contribution in [2.75, 3.05) is 63.2 Å². The molecule has 0 radical (unpaired) electrons. The predicted octanol–water partition coefficient (Wildman–Crippen LogP) is 2.17. The molecule has 2 amide bonds. The third-order valence-corrected chi connectivity index (χ3v) is 6.54. The second-order valence-corrected chi connectivity index (χ2v) is 9.32. The number of amides is 2. The van der Waals surface area contributed by atoms with E-state index in [9.17, 15) is 17.6 Å². The van der Waals surface area contributed by atoms with Gasteiger partial charge in [0.25, 0.3) is 0 Å². The molecule has 188 valence electrons. The normalized spacial score (nSPS) is 14.5. The number of imidazole rings is 1. The van der Waals surface area contributed by atoms with Crippen molar-refractivity contribution in [1.29, 1.82) is 0 Å². The van der Waals surface area contributed by atoms with Crippen LogP contribution in [0.1, 0.15) is 0 Å². The molecule has 35 heavy (non-hydrogen) atoms. The van der Waals surface area contributed by atoms with Gasteiger partial charge in [0.1, 0.15) is 17.3 Å². The Kier molecular flexibility index (Phi) is 8.00. The Morgan fingerprint density at radius 2 is 1.91 bits per heavy atom. The number of nitrogens with zero attached hydrogens (tertiary/aromatic N) is 2. The van der Waals surface area contributed by atoms with Crippen LogP contribution < -0.4 is 20.1 Å². The summed E-state index contributed by atoms with van der Waals surface area (Å²) in [4.78, 5) is 21.6. The average Bonchev–Trinajstić information content (AvgIpc) is 3.24. The molecule has 0 saturated carbocycles. The molecule has 1 aromatic heterocycles. The Labute approximate surface area is 202 Å². The Morgan fingerprint density at radius 1 is 1.14 bits per heavy atom. The van der Waals surface area contributed by atoms with E-state index in [4.69, 9.17) is 8.92 Å². The van der Waals surface area contributed by atoms with Crippen molar-refractivity contribution in [3.8, 4) is 5.75 Å². The van der Waals surface area contributed by atoms with Gasteiger partial charge in [-0.15, -0.1) is 0 Å². The zero-order valence-corrected chi connectivity index (χ0v) is 19.7. The van der Waals surface area contributed by atoms with E-state index in [1.54, 1.807) is 6.07 Å². The van der Waals surface area contributed by atoms with Gasteiger partial charge in [-0.25, -0.2) is 14.2 Å². The smallest absolute Gasteiger partial charge is 0.339 e. The fourth-order valence-electron chi connectivity index (χ4n) is 3.51. The molecule has 0 atom stereocenters. The zero-order valence-electron chi connectivity index (χ0n) is 18.9. The summed E-state index contributed by atoms with van der Waals surface area (Å²) >= 11 is 0. The number of halogens is 1. The molecule has 0 bridgehead atoms. The van der Waals surface area contributed by atoms with Crippen LogP contribution in [0.25, 0.3) is 11.0 Å². The first-order valence-corrected chi connectivity index (χ1v) is 12.5. The Hall–Kier alpha value is -3.42. The minimum absolute atomic E-state index is 0.0379. The van der Waals surface area contributed by atoms with E-state index in [1.807, 2.05) is 0 Å². The number of carbonyl (C=O) groups is 1. The van der Waals surface area contributed by atoms with Gasteiger partial charge in [-0.1, -0.05) is 0 Å². The quantitative estimate of drug-likeness (QED) is 0.307. The standard InChI is InChI=1S/C22H27FN6O5S/c23-7-8-24-16-1-4-18(5-2-16)35(31,32)34-17-3-6-19-20(15-17)27-21(26-19)28-22(30)25-9-10-29-11-13-33-14-12-29/h1-6,15,24H,7-14H2,(H3,25,26,27,28,30). The van der Waals surface area contributed by atoms with Crippen molar-refractivity contribution < 1.29 is 26.5 Å². The summed E-state index contributed by atoms with van der Waals surface area (Å²) in [5, 5.41) is 8.23. The van der Waals surface area contributed by atoms with Crippen molar-refractivity contribution in [2.24, 2.45) is 0 Å². The van der Waals surface area contributed by atoms with Crippen LogP contribution in [0.4, 0.5) is 20.8 Å². The molecule has 2 heterocycles. The SMILES string of the molecule is O=C(NCCN1CCOCC1)Nc1nc2ccc(OS(=O)(=O)c3ccc(NCCF)cc3)cc2[nH]1. The summed E-state index contributed by atoms with van der Waals surface area (Å²) < 4.78 is 48.1. The topological polar surface area (TPSA) is 138 Å². The van der Waals surface area contributed by atoms with Gasteiger partial charge in [-0.3, -0.25) is 10.2 Å². The number of hydrogen-bond acceptors (Lipinski definition) is 8. The van der Waals surface area contributed by atoms with Crippen LogP contribution in [0.5, 0.6) is 5.75 Å². The van der Waals surface area contributed by atoms with Crippen LogP contribution >= 0.6 is 0 Å². The lowest BCUT2D eigenvalue weighted by Crippen LogP contribution is -2.42. The first-order valence-electron chi connectivity index (χ1n) is 11.1. The van der Waals surface area contributed by atoms with Crippen LogP contribution in [-0.4, -0.2) is 81.9 Å². The molecule has 1 fully saturated rings. The van der Waals surface area contributed by atoms with E-state index >= 15 is 0 Å². The molecule has 1 aliphatic rings. The van der Waals surface area contributed by atoms with E-state index in [-0.39, 0.29) is 23.1 Å². The van der Waals surface area contributed by atoms with Crippen molar-refractivity contribution in [3.05, 3.63) is 42.5 Å². The number of H-pyrrole nitrogens is 1. The van der Waals surface area contributed by atoms with Crippen LogP contribution in [0.15, 0.2) is 47.4 Å². The first kappa shape index (κ1) is 24.7.